The molecule has 0 fully saturated rings. The average molecular weight is 245 g/mol. The van der Waals surface area contributed by atoms with E-state index in [1.807, 2.05) is 0 Å². The molecule has 0 bridgehead atoms. The van der Waals surface area contributed by atoms with Gasteiger partial charge in [0.1, 0.15) is 10.7 Å². The molecule has 0 aromatic carbocycles. The van der Waals surface area contributed by atoms with Gasteiger partial charge in [-0.3, -0.25) is 0 Å². The largest absolute Gasteiger partial charge is 0.395 e. The molecule has 7 heteroatoms. The smallest absolute Gasteiger partial charge is 0.244 e. The van der Waals surface area contributed by atoms with Crippen LogP contribution in [0, 0.1) is 0 Å². The Morgan fingerprint density at radius 2 is 2.19 bits per heavy atom. The predicted molar refractivity (Wildman–Crippen MR) is 60.7 cm³/mol. The first-order valence-electron chi connectivity index (χ1n) is 4.73. The van der Waals surface area contributed by atoms with Crippen LogP contribution in [0.3, 0.4) is 0 Å². The molecule has 1 aromatic rings. The Morgan fingerprint density at radius 3 is 2.62 bits per heavy atom. The van der Waals surface area contributed by atoms with Crippen LogP contribution >= 0.6 is 0 Å². The summed E-state index contributed by atoms with van der Waals surface area (Å²) in [5, 5.41) is 11.5. The van der Waals surface area contributed by atoms with Crippen LogP contribution in [0.1, 0.15) is 0 Å². The summed E-state index contributed by atoms with van der Waals surface area (Å²) in [7, 11) is -0.426. The second kappa shape index (κ2) is 5.24. The summed E-state index contributed by atoms with van der Waals surface area (Å²) in [6, 6.07) is 3.06. The van der Waals surface area contributed by atoms with E-state index in [-0.39, 0.29) is 18.0 Å². The Morgan fingerprint density at radius 1 is 1.50 bits per heavy atom. The number of aromatic nitrogens is 1. The molecule has 0 radical (unpaired) electrons. The van der Waals surface area contributed by atoms with Gasteiger partial charge in [-0.1, -0.05) is 0 Å². The van der Waals surface area contributed by atoms with Gasteiger partial charge in [0.05, 0.1) is 6.61 Å². The highest BCUT2D eigenvalue weighted by molar-refractivity contribution is 7.89. The van der Waals surface area contributed by atoms with Gasteiger partial charge in [0.25, 0.3) is 0 Å². The van der Waals surface area contributed by atoms with Crippen LogP contribution in [-0.4, -0.2) is 50.1 Å². The minimum Gasteiger partial charge on any atom is -0.395 e. The van der Waals surface area contributed by atoms with E-state index in [9.17, 15) is 8.42 Å². The molecule has 0 atom stereocenters. The van der Waals surface area contributed by atoms with E-state index < -0.39 is 10.0 Å². The van der Waals surface area contributed by atoms with Crippen molar-refractivity contribution in [2.45, 2.75) is 4.90 Å². The van der Waals surface area contributed by atoms with Gasteiger partial charge in [-0.05, 0) is 12.1 Å². The first-order valence-corrected chi connectivity index (χ1v) is 6.17. The highest BCUT2D eigenvalue weighted by Gasteiger charge is 2.20. The monoisotopic (exact) mass is 245 g/mol. The van der Waals surface area contributed by atoms with E-state index in [2.05, 4.69) is 10.3 Å². The van der Waals surface area contributed by atoms with Crippen molar-refractivity contribution in [3.8, 4) is 0 Å². The van der Waals surface area contributed by atoms with Gasteiger partial charge in [-0.15, -0.1) is 0 Å². The third kappa shape index (κ3) is 2.69. The van der Waals surface area contributed by atoms with E-state index in [4.69, 9.17) is 5.11 Å². The fourth-order valence-electron chi connectivity index (χ4n) is 1.12. The zero-order valence-electron chi connectivity index (χ0n) is 9.21. The molecule has 0 aliphatic heterocycles. The zero-order chi connectivity index (χ0) is 12.2. The summed E-state index contributed by atoms with van der Waals surface area (Å²) in [6.07, 6.45) is 1.29. The molecule has 0 saturated carbocycles. The molecular weight excluding hydrogens is 230 g/mol. The molecule has 90 valence electrons. The summed E-state index contributed by atoms with van der Waals surface area (Å²) in [5.41, 5.74) is 0. The predicted octanol–water partition coefficient (Wildman–Crippen LogP) is -0.264. The lowest BCUT2D eigenvalue weighted by atomic mass is 10.5. The molecule has 0 aliphatic rings. The Bertz CT molecular complexity index is 430. The van der Waals surface area contributed by atoms with Crippen molar-refractivity contribution in [2.75, 3.05) is 32.6 Å². The van der Waals surface area contributed by atoms with Crippen LogP contribution in [0.5, 0.6) is 0 Å². The second-order valence-corrected chi connectivity index (χ2v) is 5.22. The molecule has 16 heavy (non-hydrogen) atoms. The Balaban J connectivity index is 2.98. The van der Waals surface area contributed by atoms with Crippen LogP contribution in [0.15, 0.2) is 23.2 Å². The molecule has 1 aromatic heterocycles. The molecule has 0 amide bonds. The van der Waals surface area contributed by atoms with E-state index in [1.54, 1.807) is 13.1 Å². The minimum atomic E-state index is -3.54. The summed E-state index contributed by atoms with van der Waals surface area (Å²) < 4.78 is 24.8. The molecule has 6 nitrogen and oxygen atoms in total. The maximum Gasteiger partial charge on any atom is 0.244 e. The molecule has 1 heterocycles. The Kier molecular flexibility index (Phi) is 4.22. The normalized spacial score (nSPS) is 11.8. The lowest BCUT2D eigenvalue weighted by Crippen LogP contribution is -2.29. The number of pyridine rings is 1. The Labute approximate surface area is 95.0 Å². The quantitative estimate of drug-likeness (QED) is 0.746. The van der Waals surface area contributed by atoms with Crippen LogP contribution in [-0.2, 0) is 10.0 Å². The number of aliphatic hydroxyl groups excluding tert-OH is 1. The number of anilines is 1. The van der Waals surface area contributed by atoms with Crippen molar-refractivity contribution in [2.24, 2.45) is 0 Å². The first-order chi connectivity index (χ1) is 7.52. The van der Waals surface area contributed by atoms with Crippen LogP contribution in [0.4, 0.5) is 5.82 Å². The lowest BCUT2D eigenvalue weighted by molar-refractivity contribution is 0.266. The third-order valence-corrected chi connectivity index (χ3v) is 3.96. The molecular formula is C9H15N3O3S. The van der Waals surface area contributed by atoms with Crippen LogP contribution in [0.2, 0.25) is 0 Å². The van der Waals surface area contributed by atoms with Gasteiger partial charge in [0.15, 0.2) is 0 Å². The number of hydrogen-bond donors (Lipinski definition) is 2. The van der Waals surface area contributed by atoms with Gasteiger partial charge in [0, 0.05) is 26.8 Å². The summed E-state index contributed by atoms with van der Waals surface area (Å²) >= 11 is 0. The maximum absolute atomic E-state index is 11.9. The number of sulfonamides is 1. The molecule has 0 saturated heterocycles. The number of hydrogen-bond acceptors (Lipinski definition) is 5. The summed E-state index contributed by atoms with van der Waals surface area (Å²) in [4.78, 5) is 4.04. The van der Waals surface area contributed by atoms with Crippen molar-refractivity contribution in [3.63, 3.8) is 0 Å². The SMILES string of the molecule is CNc1ccc(S(=O)(=O)N(C)CCO)cn1. The fraction of sp³-hybridized carbons (Fsp3) is 0.444. The van der Waals surface area contributed by atoms with Gasteiger partial charge >= 0.3 is 0 Å². The molecule has 1 rings (SSSR count). The second-order valence-electron chi connectivity index (χ2n) is 3.18. The number of likely N-dealkylation sites (N-methyl/N-ethyl adjacent to an activating group) is 1. The number of aliphatic hydroxyl groups is 1. The van der Waals surface area contributed by atoms with Gasteiger partial charge < -0.3 is 10.4 Å². The number of nitrogens with one attached hydrogen (secondary N) is 1. The topological polar surface area (TPSA) is 82.5 Å². The average Bonchev–Trinajstić information content (AvgIpc) is 2.29. The fourth-order valence-corrected chi connectivity index (χ4v) is 2.23. The minimum absolute atomic E-state index is 0.0656. The van der Waals surface area contributed by atoms with Crippen molar-refractivity contribution < 1.29 is 13.5 Å². The highest BCUT2D eigenvalue weighted by atomic mass is 32.2. The van der Waals surface area contributed by atoms with Crippen LogP contribution in [0.25, 0.3) is 0 Å². The third-order valence-electron chi connectivity index (χ3n) is 2.12. The maximum atomic E-state index is 11.9. The molecule has 2 N–H and O–H groups in total. The number of nitrogens with zero attached hydrogens (tertiary/aromatic N) is 2. The van der Waals surface area contributed by atoms with Crippen molar-refractivity contribution in [3.05, 3.63) is 18.3 Å². The Hall–Kier alpha value is -1.18. The molecule has 0 spiro atoms. The standard InChI is InChI=1S/C9H15N3O3S/c1-10-9-4-3-8(7-11-9)16(14,15)12(2)5-6-13/h3-4,7,13H,5-6H2,1-2H3,(H,10,11). The lowest BCUT2D eigenvalue weighted by Gasteiger charge is -2.15. The molecule has 0 unspecified atom stereocenters. The molecule has 0 aliphatic carbocycles. The first kappa shape index (κ1) is 12.9. The van der Waals surface area contributed by atoms with Crippen molar-refractivity contribution in [1.29, 1.82) is 0 Å². The van der Waals surface area contributed by atoms with E-state index >= 15 is 0 Å². The number of rotatable bonds is 5. The van der Waals surface area contributed by atoms with Gasteiger partial charge in [0.2, 0.25) is 10.0 Å². The van der Waals surface area contributed by atoms with Gasteiger partial charge in [-0.25, -0.2) is 13.4 Å². The van der Waals surface area contributed by atoms with Crippen LogP contribution < -0.4 is 5.32 Å². The summed E-state index contributed by atoms with van der Waals surface area (Å²) in [6.45, 7) is -0.145. The van der Waals surface area contributed by atoms with E-state index in [0.29, 0.717) is 5.82 Å². The summed E-state index contributed by atoms with van der Waals surface area (Å²) in [5.74, 6) is 0.601. The zero-order valence-corrected chi connectivity index (χ0v) is 10.0. The van der Waals surface area contributed by atoms with Crippen molar-refractivity contribution >= 4 is 15.8 Å². The van der Waals surface area contributed by atoms with E-state index in [1.165, 1.54) is 19.3 Å². The highest BCUT2D eigenvalue weighted by Crippen LogP contribution is 2.14. The van der Waals surface area contributed by atoms with E-state index in [0.717, 1.165) is 4.31 Å². The van der Waals surface area contributed by atoms with Crippen molar-refractivity contribution in [1.82, 2.24) is 9.29 Å². The van der Waals surface area contributed by atoms with Gasteiger partial charge in [-0.2, -0.15) is 4.31 Å².